The normalized spacial score (nSPS) is 25.3. The zero-order valence-electron chi connectivity index (χ0n) is 25.9. The Hall–Kier alpha value is -4.95. The van der Waals surface area contributed by atoms with Crippen molar-refractivity contribution < 1.29 is 42.6 Å². The Bertz CT molecular complexity index is 1480. The van der Waals surface area contributed by atoms with Crippen molar-refractivity contribution >= 4 is 35.8 Å². The highest BCUT2D eigenvalue weighted by atomic mass is 19.1. The second kappa shape index (κ2) is 13.8. The maximum absolute atomic E-state index is 14.3. The number of nitrogens with zero attached hydrogens (tertiary/aromatic N) is 2. The van der Waals surface area contributed by atoms with Crippen LogP contribution in [0.3, 0.4) is 0 Å². The summed E-state index contributed by atoms with van der Waals surface area (Å²) < 4.78 is 25.5. The first-order chi connectivity index (χ1) is 22.4. The Kier molecular flexibility index (Phi) is 9.82. The van der Waals surface area contributed by atoms with E-state index in [2.05, 4.69) is 29.1 Å². The van der Waals surface area contributed by atoms with Gasteiger partial charge in [0.1, 0.15) is 35.6 Å². The van der Waals surface area contributed by atoms with E-state index in [9.17, 15) is 33.2 Å². The van der Waals surface area contributed by atoms with E-state index >= 15 is 0 Å². The van der Waals surface area contributed by atoms with Crippen molar-refractivity contribution in [2.24, 2.45) is 11.7 Å². The third kappa shape index (κ3) is 7.23. The number of primary amides is 1. The molecular formula is C32H39FN6O8. The van der Waals surface area contributed by atoms with Crippen molar-refractivity contribution in [1.82, 2.24) is 25.8 Å². The van der Waals surface area contributed by atoms with E-state index in [1.54, 1.807) is 12.1 Å². The summed E-state index contributed by atoms with van der Waals surface area (Å²) in [5.41, 5.74) is 5.24. The molecule has 1 aromatic carbocycles. The van der Waals surface area contributed by atoms with Crippen LogP contribution in [0.25, 0.3) is 0 Å². The first kappa shape index (κ1) is 33.4. The fourth-order valence-electron chi connectivity index (χ4n) is 6.48. The minimum absolute atomic E-state index is 0.0116. The largest absolute Gasteiger partial charge is 0.446 e. The molecule has 1 saturated heterocycles. The van der Waals surface area contributed by atoms with Crippen LogP contribution in [-0.4, -0.2) is 88.5 Å². The van der Waals surface area contributed by atoms with Crippen LogP contribution in [0, 0.1) is 11.7 Å². The number of carbonyl (C=O) groups is 6. The Morgan fingerprint density at radius 1 is 1.09 bits per heavy atom. The number of carbonyl (C=O) groups excluding carboxylic acids is 6. The Labute approximate surface area is 270 Å². The number of halogens is 1. The predicted molar refractivity (Wildman–Crippen MR) is 163 cm³/mol. The van der Waals surface area contributed by atoms with Gasteiger partial charge in [0.25, 0.3) is 0 Å². The van der Waals surface area contributed by atoms with Crippen molar-refractivity contribution in [2.75, 3.05) is 13.1 Å². The van der Waals surface area contributed by atoms with Crippen LogP contribution in [0.1, 0.15) is 49.7 Å². The van der Waals surface area contributed by atoms with Gasteiger partial charge in [0.05, 0.1) is 13.1 Å². The summed E-state index contributed by atoms with van der Waals surface area (Å²) >= 11 is 0. The average Bonchev–Trinajstić information content (AvgIpc) is 3.45. The van der Waals surface area contributed by atoms with Gasteiger partial charge in [0.2, 0.25) is 23.6 Å². The minimum atomic E-state index is -1.38. The highest BCUT2D eigenvalue weighted by Crippen LogP contribution is 2.44. The fraction of sp³-hybridized carbons (Fsp3) is 0.500. The lowest BCUT2D eigenvalue weighted by atomic mass is 10.1. The van der Waals surface area contributed by atoms with Gasteiger partial charge in [0.15, 0.2) is 0 Å². The van der Waals surface area contributed by atoms with Gasteiger partial charge in [-0.2, -0.15) is 0 Å². The molecule has 0 bridgehead atoms. The van der Waals surface area contributed by atoms with E-state index < -0.39 is 71.3 Å². The topological polar surface area (TPSA) is 189 Å². The van der Waals surface area contributed by atoms with Crippen LogP contribution in [0.5, 0.6) is 0 Å². The Morgan fingerprint density at radius 3 is 2.47 bits per heavy atom. The van der Waals surface area contributed by atoms with Crippen LogP contribution in [0.15, 0.2) is 43.5 Å². The quantitative estimate of drug-likeness (QED) is 0.202. The lowest BCUT2D eigenvalue weighted by Crippen LogP contribution is -2.59. The predicted octanol–water partition coefficient (Wildman–Crippen LogP) is 1.13. The van der Waals surface area contributed by atoms with Crippen LogP contribution < -0.4 is 21.7 Å². The number of likely N-dealkylation sites (tertiary alicyclic amines) is 1. The molecule has 0 spiro atoms. The van der Waals surface area contributed by atoms with Gasteiger partial charge in [-0.3, -0.25) is 24.1 Å². The second-order valence-corrected chi connectivity index (χ2v) is 12.3. The molecule has 2 aliphatic carbocycles. The fourth-order valence-corrected chi connectivity index (χ4v) is 6.48. The summed E-state index contributed by atoms with van der Waals surface area (Å²) in [5, 5.41) is 7.64. The summed E-state index contributed by atoms with van der Waals surface area (Å²) in [5.74, 6) is -3.71. The summed E-state index contributed by atoms with van der Waals surface area (Å²) in [4.78, 5) is 80.5. The number of benzene rings is 1. The molecule has 15 heteroatoms. The van der Waals surface area contributed by atoms with Gasteiger partial charge in [0, 0.05) is 31.0 Å². The number of alkyl carbamates (subject to hydrolysis) is 1. The molecule has 5 rings (SSSR count). The van der Waals surface area contributed by atoms with Crippen LogP contribution in [-0.2, 0) is 41.7 Å². The molecule has 47 heavy (non-hydrogen) atoms. The summed E-state index contributed by atoms with van der Waals surface area (Å²) in [6.45, 7) is 6.56. The zero-order valence-corrected chi connectivity index (χ0v) is 25.9. The highest BCUT2D eigenvalue weighted by molar-refractivity contribution is 5.98. The van der Waals surface area contributed by atoms with Gasteiger partial charge < -0.3 is 36.1 Å². The Balaban J connectivity index is 1.34. The van der Waals surface area contributed by atoms with E-state index in [-0.39, 0.29) is 45.1 Å². The molecule has 2 unspecified atom stereocenters. The standard InChI is InChI=1S/C32H39FN6O8/c1-3-19-13-32(19,29(34)43)37-27(41)25-12-21(47-31(45)38-15-18-8-7-11-23(33)22(18)17-38)16-39(25)28(42)24(14-35-26(40)4-2)36-30(44)46-20-9-5-6-10-20/h3-4,7-8,11,19-21,24-25H,1-2,5-6,9-10,12-17H2,(H2,34,43)(H,35,40)(H,36,44)(H,37,41)/t19-,21-,24?,25?,32-/m1/s1. The maximum atomic E-state index is 14.3. The summed E-state index contributed by atoms with van der Waals surface area (Å²) in [6.07, 6.45) is 2.82. The van der Waals surface area contributed by atoms with Crippen LogP contribution in [0.4, 0.5) is 14.0 Å². The first-order valence-electron chi connectivity index (χ1n) is 15.6. The molecule has 252 valence electrons. The number of amides is 6. The summed E-state index contributed by atoms with van der Waals surface area (Å²) in [6, 6.07) is 1.94. The molecule has 0 aromatic heterocycles. The van der Waals surface area contributed by atoms with E-state index in [4.69, 9.17) is 15.2 Å². The third-order valence-corrected chi connectivity index (χ3v) is 9.22. The smallest absolute Gasteiger partial charge is 0.410 e. The number of hydrogen-bond donors (Lipinski definition) is 4. The van der Waals surface area contributed by atoms with E-state index in [1.807, 2.05) is 0 Å². The molecule has 2 heterocycles. The lowest BCUT2D eigenvalue weighted by Gasteiger charge is -2.29. The molecule has 2 saturated carbocycles. The molecule has 0 radical (unpaired) electrons. The lowest BCUT2D eigenvalue weighted by molar-refractivity contribution is -0.141. The zero-order chi connectivity index (χ0) is 33.9. The molecule has 5 atom stereocenters. The molecule has 4 aliphatic rings. The van der Waals surface area contributed by atoms with Crippen molar-refractivity contribution in [2.45, 2.75) is 81.4 Å². The summed E-state index contributed by atoms with van der Waals surface area (Å²) in [7, 11) is 0. The van der Waals surface area contributed by atoms with E-state index in [0.29, 0.717) is 24.0 Å². The van der Waals surface area contributed by atoms with E-state index in [1.165, 1.54) is 17.0 Å². The molecule has 3 fully saturated rings. The number of fused-ring (bicyclic) bond motifs is 1. The SMILES string of the molecule is C=CC(=O)NCC(NC(=O)OC1CCCC1)C(=O)N1C[C@H](OC(=O)N2Cc3cccc(F)c3C2)CC1C(=O)N[C@]1(C(N)=O)C[C@H]1C=C. The molecule has 14 nitrogen and oxygen atoms in total. The van der Waals surface area contributed by atoms with Gasteiger partial charge in [-0.15, -0.1) is 6.58 Å². The Morgan fingerprint density at radius 2 is 1.83 bits per heavy atom. The minimum Gasteiger partial charge on any atom is -0.446 e. The van der Waals surface area contributed by atoms with Gasteiger partial charge in [-0.1, -0.05) is 24.8 Å². The number of rotatable bonds is 11. The highest BCUT2D eigenvalue weighted by Gasteiger charge is 2.60. The number of hydrogen-bond acceptors (Lipinski definition) is 8. The number of nitrogens with one attached hydrogen (secondary N) is 3. The third-order valence-electron chi connectivity index (χ3n) is 9.22. The van der Waals surface area contributed by atoms with Crippen molar-refractivity contribution in [3.05, 3.63) is 60.5 Å². The average molecular weight is 655 g/mol. The van der Waals surface area contributed by atoms with Gasteiger partial charge in [-0.05, 0) is 49.8 Å². The van der Waals surface area contributed by atoms with Gasteiger partial charge >= 0.3 is 12.2 Å². The second-order valence-electron chi connectivity index (χ2n) is 12.3. The van der Waals surface area contributed by atoms with Crippen molar-refractivity contribution in [3.8, 4) is 0 Å². The first-order valence-corrected chi connectivity index (χ1v) is 15.6. The van der Waals surface area contributed by atoms with E-state index in [0.717, 1.165) is 23.8 Å². The molecule has 6 amide bonds. The number of nitrogens with two attached hydrogens (primary N) is 1. The molecule has 5 N–H and O–H groups in total. The van der Waals surface area contributed by atoms with Crippen molar-refractivity contribution in [1.29, 1.82) is 0 Å². The molecule has 2 aliphatic heterocycles. The maximum Gasteiger partial charge on any atom is 0.410 e. The van der Waals surface area contributed by atoms with Crippen LogP contribution in [0.2, 0.25) is 0 Å². The van der Waals surface area contributed by atoms with Crippen molar-refractivity contribution in [3.63, 3.8) is 0 Å². The van der Waals surface area contributed by atoms with Gasteiger partial charge in [-0.25, -0.2) is 14.0 Å². The monoisotopic (exact) mass is 654 g/mol. The molecular weight excluding hydrogens is 615 g/mol. The molecule has 1 aromatic rings. The number of ether oxygens (including phenoxy) is 2. The van der Waals surface area contributed by atoms with Crippen LogP contribution >= 0.6 is 0 Å².